The topological polar surface area (TPSA) is 32.7 Å². The summed E-state index contributed by atoms with van der Waals surface area (Å²) in [5.41, 5.74) is 0.874. The maximum atomic E-state index is 9.25. The summed E-state index contributed by atoms with van der Waals surface area (Å²) >= 11 is 6.08. The highest BCUT2D eigenvalue weighted by atomic mass is 35.5. The first-order valence-corrected chi connectivity index (χ1v) is 5.93. The van der Waals surface area contributed by atoms with E-state index in [1.54, 1.807) is 7.11 Å². The minimum atomic E-state index is -0.138. The number of rotatable bonds is 5. The van der Waals surface area contributed by atoms with Crippen LogP contribution in [0, 0.1) is 5.41 Å². The highest BCUT2D eigenvalue weighted by Crippen LogP contribution is 2.29. The molecule has 0 fully saturated rings. The lowest BCUT2D eigenvalue weighted by atomic mass is 9.94. The number of anilines is 1. The fourth-order valence-electron chi connectivity index (χ4n) is 1.68. The third-order valence-electron chi connectivity index (χ3n) is 2.67. The third-order valence-corrected chi connectivity index (χ3v) is 2.96. The Morgan fingerprint density at radius 2 is 2.06 bits per heavy atom. The van der Waals surface area contributed by atoms with Crippen molar-refractivity contribution in [2.24, 2.45) is 5.41 Å². The van der Waals surface area contributed by atoms with Gasteiger partial charge >= 0.3 is 0 Å². The van der Waals surface area contributed by atoms with Gasteiger partial charge in [-0.25, -0.2) is 0 Å². The minimum absolute atomic E-state index is 0.138. The molecule has 0 aliphatic heterocycles. The van der Waals surface area contributed by atoms with Crippen LogP contribution in [0.25, 0.3) is 0 Å². The highest BCUT2D eigenvalue weighted by molar-refractivity contribution is 6.32. The van der Waals surface area contributed by atoms with E-state index in [4.69, 9.17) is 16.3 Å². The van der Waals surface area contributed by atoms with Gasteiger partial charge in [0.05, 0.1) is 12.1 Å². The van der Waals surface area contributed by atoms with Gasteiger partial charge in [0.15, 0.2) is 0 Å². The Labute approximate surface area is 108 Å². The summed E-state index contributed by atoms with van der Waals surface area (Å²) < 4.78 is 5.11. The summed E-state index contributed by atoms with van der Waals surface area (Å²) in [5.74, 6) is 0.672. The molecule has 1 aromatic carbocycles. The van der Waals surface area contributed by atoms with Crippen molar-refractivity contribution in [2.45, 2.75) is 13.8 Å². The van der Waals surface area contributed by atoms with Crippen LogP contribution in [0.2, 0.25) is 5.02 Å². The summed E-state index contributed by atoms with van der Waals surface area (Å²) in [7, 11) is 3.58. The molecule has 1 N–H and O–H groups in total. The van der Waals surface area contributed by atoms with Crippen LogP contribution < -0.4 is 9.64 Å². The van der Waals surface area contributed by atoms with Crippen molar-refractivity contribution in [3.05, 3.63) is 23.2 Å². The van der Waals surface area contributed by atoms with Gasteiger partial charge in [-0.05, 0) is 18.2 Å². The molecular weight excluding hydrogens is 238 g/mol. The molecule has 0 heterocycles. The van der Waals surface area contributed by atoms with E-state index < -0.39 is 0 Å². The molecule has 4 heteroatoms. The van der Waals surface area contributed by atoms with Crippen LogP contribution in [-0.4, -0.2) is 32.4 Å². The van der Waals surface area contributed by atoms with Gasteiger partial charge in [0.2, 0.25) is 0 Å². The van der Waals surface area contributed by atoms with E-state index in [2.05, 4.69) is 4.90 Å². The van der Waals surface area contributed by atoms with Crippen molar-refractivity contribution in [3.8, 4) is 5.75 Å². The average Bonchev–Trinajstić information content (AvgIpc) is 2.28. The van der Waals surface area contributed by atoms with E-state index in [1.165, 1.54) is 0 Å². The molecule has 0 saturated carbocycles. The molecule has 0 aromatic heterocycles. The van der Waals surface area contributed by atoms with Gasteiger partial charge < -0.3 is 14.7 Å². The second-order valence-corrected chi connectivity index (χ2v) is 5.40. The second kappa shape index (κ2) is 5.61. The first kappa shape index (κ1) is 14.1. The standard InChI is InChI=1S/C13H20ClNO2/c1-13(2,9-16)8-15(3)10-5-6-12(17-4)11(14)7-10/h5-7,16H,8-9H2,1-4H3. The Kier molecular flexibility index (Phi) is 4.66. The zero-order valence-corrected chi connectivity index (χ0v) is 11.6. The van der Waals surface area contributed by atoms with Crippen LogP contribution in [-0.2, 0) is 0 Å². The molecule has 0 saturated heterocycles. The zero-order valence-electron chi connectivity index (χ0n) is 10.8. The van der Waals surface area contributed by atoms with E-state index in [0.29, 0.717) is 10.8 Å². The summed E-state index contributed by atoms with van der Waals surface area (Å²) in [4.78, 5) is 2.07. The van der Waals surface area contributed by atoms with Crippen molar-refractivity contribution in [1.82, 2.24) is 0 Å². The number of hydrogen-bond donors (Lipinski definition) is 1. The number of methoxy groups -OCH3 is 1. The predicted molar refractivity (Wildman–Crippen MR) is 72.1 cm³/mol. The first-order chi connectivity index (χ1) is 7.89. The van der Waals surface area contributed by atoms with Gasteiger partial charge in [0, 0.05) is 31.3 Å². The molecule has 0 atom stereocenters. The third kappa shape index (κ3) is 3.79. The van der Waals surface area contributed by atoms with Gasteiger partial charge in [-0.2, -0.15) is 0 Å². The molecule has 0 bridgehead atoms. The maximum Gasteiger partial charge on any atom is 0.137 e. The fourth-order valence-corrected chi connectivity index (χ4v) is 1.93. The quantitative estimate of drug-likeness (QED) is 0.881. The average molecular weight is 258 g/mol. The van der Waals surface area contributed by atoms with E-state index >= 15 is 0 Å². The lowest BCUT2D eigenvalue weighted by Crippen LogP contribution is -2.33. The van der Waals surface area contributed by atoms with Gasteiger partial charge in [0.25, 0.3) is 0 Å². The molecule has 17 heavy (non-hydrogen) atoms. The first-order valence-electron chi connectivity index (χ1n) is 5.55. The molecule has 3 nitrogen and oxygen atoms in total. The lowest BCUT2D eigenvalue weighted by molar-refractivity contribution is 0.165. The summed E-state index contributed by atoms with van der Waals surface area (Å²) in [6, 6.07) is 5.67. The van der Waals surface area contributed by atoms with E-state index in [1.807, 2.05) is 39.1 Å². The largest absolute Gasteiger partial charge is 0.495 e. The summed E-state index contributed by atoms with van der Waals surface area (Å²) in [5, 5.41) is 9.85. The molecule has 0 spiro atoms. The molecule has 0 amide bonds. The SMILES string of the molecule is COc1ccc(N(C)CC(C)(C)CO)cc1Cl. The number of aliphatic hydroxyl groups is 1. The predicted octanol–water partition coefficient (Wildman–Crippen LogP) is 2.80. The van der Waals surface area contributed by atoms with Crippen LogP contribution >= 0.6 is 11.6 Å². The Morgan fingerprint density at radius 3 is 2.53 bits per heavy atom. The molecule has 96 valence electrons. The van der Waals surface area contributed by atoms with Crippen LogP contribution in [0.4, 0.5) is 5.69 Å². The van der Waals surface area contributed by atoms with Gasteiger partial charge in [0.1, 0.15) is 5.75 Å². The number of nitrogens with zero attached hydrogens (tertiary/aromatic N) is 1. The Morgan fingerprint density at radius 1 is 1.41 bits per heavy atom. The number of aliphatic hydroxyl groups excluding tert-OH is 1. The fraction of sp³-hybridized carbons (Fsp3) is 0.538. The molecule has 0 unspecified atom stereocenters. The number of ether oxygens (including phenoxy) is 1. The van der Waals surface area contributed by atoms with Crippen molar-refractivity contribution in [3.63, 3.8) is 0 Å². The molecule has 0 aliphatic rings. The van der Waals surface area contributed by atoms with Crippen LogP contribution in [0.3, 0.4) is 0 Å². The van der Waals surface area contributed by atoms with Crippen molar-refractivity contribution in [1.29, 1.82) is 0 Å². The van der Waals surface area contributed by atoms with Gasteiger partial charge in [-0.15, -0.1) is 0 Å². The van der Waals surface area contributed by atoms with Gasteiger partial charge in [-0.1, -0.05) is 25.4 Å². The lowest BCUT2D eigenvalue weighted by Gasteiger charge is -2.30. The monoisotopic (exact) mass is 257 g/mol. The van der Waals surface area contributed by atoms with Crippen LogP contribution in [0.15, 0.2) is 18.2 Å². The number of benzene rings is 1. The zero-order chi connectivity index (χ0) is 13.1. The second-order valence-electron chi connectivity index (χ2n) is 5.00. The van der Waals surface area contributed by atoms with E-state index in [-0.39, 0.29) is 12.0 Å². The van der Waals surface area contributed by atoms with Crippen LogP contribution in [0.1, 0.15) is 13.8 Å². The molecule has 1 rings (SSSR count). The van der Waals surface area contributed by atoms with Crippen molar-refractivity contribution >= 4 is 17.3 Å². The Hall–Kier alpha value is -0.930. The molecule has 0 aliphatic carbocycles. The molecule has 0 radical (unpaired) electrons. The summed E-state index contributed by atoms with van der Waals surface area (Å²) in [6.45, 7) is 4.96. The van der Waals surface area contributed by atoms with Crippen molar-refractivity contribution < 1.29 is 9.84 Å². The number of hydrogen-bond acceptors (Lipinski definition) is 3. The minimum Gasteiger partial charge on any atom is -0.495 e. The van der Waals surface area contributed by atoms with Crippen molar-refractivity contribution in [2.75, 3.05) is 32.2 Å². The highest BCUT2D eigenvalue weighted by Gasteiger charge is 2.19. The molecule has 1 aromatic rings. The smallest absolute Gasteiger partial charge is 0.137 e. The molecular formula is C13H20ClNO2. The Balaban J connectivity index is 2.83. The maximum absolute atomic E-state index is 9.25. The Bertz CT molecular complexity index is 380. The van der Waals surface area contributed by atoms with E-state index in [0.717, 1.165) is 12.2 Å². The normalized spacial score (nSPS) is 11.4. The van der Waals surface area contributed by atoms with Crippen LogP contribution in [0.5, 0.6) is 5.75 Å². The van der Waals surface area contributed by atoms with E-state index in [9.17, 15) is 5.11 Å². The summed E-state index contributed by atoms with van der Waals surface area (Å²) in [6.07, 6.45) is 0. The van der Waals surface area contributed by atoms with Gasteiger partial charge in [-0.3, -0.25) is 0 Å². The number of halogens is 1.